The van der Waals surface area contributed by atoms with E-state index >= 15 is 0 Å². The minimum atomic E-state index is -0.551. The highest BCUT2D eigenvalue weighted by atomic mass is 79.9. The second-order valence-corrected chi connectivity index (χ2v) is 5.34. The lowest BCUT2D eigenvalue weighted by molar-refractivity contribution is 0.277. The number of halogens is 1. The average Bonchev–Trinajstić information content (AvgIpc) is 2.74. The average molecular weight is 323 g/mol. The van der Waals surface area contributed by atoms with Crippen LogP contribution in [-0.2, 0) is 4.74 Å². The smallest absolute Gasteiger partial charge is 0.207 e. The molecule has 2 heterocycles. The third kappa shape index (κ3) is 1.94. The molecule has 1 aromatic rings. The first-order chi connectivity index (χ1) is 8.58. The highest BCUT2D eigenvalue weighted by Gasteiger charge is 2.33. The molecule has 0 saturated heterocycles. The summed E-state index contributed by atoms with van der Waals surface area (Å²) in [7, 11) is 0. The van der Waals surface area contributed by atoms with Gasteiger partial charge in [0, 0.05) is 14.7 Å². The second kappa shape index (κ2) is 4.73. The Morgan fingerprint density at radius 1 is 1.22 bits per heavy atom. The van der Waals surface area contributed by atoms with Gasteiger partial charge in [-0.25, -0.2) is 0 Å². The van der Waals surface area contributed by atoms with Crippen LogP contribution in [0.4, 0.5) is 0 Å². The van der Waals surface area contributed by atoms with E-state index in [-0.39, 0.29) is 22.9 Å². The molecule has 90 valence electrons. The molecule has 0 saturated carbocycles. The molecule has 0 radical (unpaired) electrons. The van der Waals surface area contributed by atoms with E-state index in [0.29, 0.717) is 0 Å². The Morgan fingerprint density at radius 2 is 1.78 bits per heavy atom. The van der Waals surface area contributed by atoms with Gasteiger partial charge in [0.15, 0.2) is 0 Å². The van der Waals surface area contributed by atoms with Crippen molar-refractivity contribution in [3.63, 3.8) is 0 Å². The predicted molar refractivity (Wildman–Crippen MR) is 69.5 cm³/mol. The van der Waals surface area contributed by atoms with Gasteiger partial charge >= 0.3 is 0 Å². The normalized spacial score (nSPS) is 16.2. The number of rotatable bonds is 1. The lowest BCUT2D eigenvalue weighted by Crippen LogP contribution is -2.23. The molecule has 0 unspecified atom stereocenters. The van der Waals surface area contributed by atoms with Gasteiger partial charge in [0.25, 0.3) is 0 Å². The molecule has 2 rings (SSSR count). The van der Waals surface area contributed by atoms with Crippen molar-refractivity contribution in [1.29, 1.82) is 10.5 Å². The molecule has 0 spiro atoms. The van der Waals surface area contributed by atoms with Crippen LogP contribution in [0.1, 0.15) is 10.8 Å². The van der Waals surface area contributed by atoms with Crippen molar-refractivity contribution in [2.75, 3.05) is 0 Å². The molecule has 1 aromatic heterocycles. The fraction of sp³-hybridized carbons (Fsp3) is 0.0909. The highest BCUT2D eigenvalue weighted by molar-refractivity contribution is 9.10. The van der Waals surface area contributed by atoms with Crippen LogP contribution < -0.4 is 11.5 Å². The maximum atomic E-state index is 9.15. The van der Waals surface area contributed by atoms with Gasteiger partial charge in [-0.1, -0.05) is 0 Å². The standard InChI is InChI=1S/C11H7BrN4OS/c12-5-1-8(18-4-5)9-6(2-13)10(15)17-11(16)7(9)3-14/h1,4,9H,15-16H2. The topological polar surface area (TPSA) is 109 Å². The van der Waals surface area contributed by atoms with Crippen LogP contribution in [0.3, 0.4) is 0 Å². The Bertz CT molecular complexity index is 611. The van der Waals surface area contributed by atoms with Gasteiger partial charge in [0.2, 0.25) is 11.8 Å². The number of nitrogens with two attached hydrogens (primary N) is 2. The molecule has 1 aliphatic rings. The van der Waals surface area contributed by atoms with Crippen molar-refractivity contribution in [3.8, 4) is 12.1 Å². The van der Waals surface area contributed by atoms with Crippen LogP contribution in [0, 0.1) is 22.7 Å². The van der Waals surface area contributed by atoms with Crippen molar-refractivity contribution >= 4 is 27.3 Å². The molecule has 0 fully saturated rings. The summed E-state index contributed by atoms with van der Waals surface area (Å²) in [5.41, 5.74) is 11.7. The largest absolute Gasteiger partial charge is 0.424 e. The minimum absolute atomic E-state index is 0.0523. The number of ether oxygens (including phenoxy) is 1. The molecule has 0 atom stereocenters. The number of nitrogens with zero attached hydrogens (tertiary/aromatic N) is 2. The zero-order valence-corrected chi connectivity index (χ0v) is 11.4. The predicted octanol–water partition coefficient (Wildman–Crippen LogP) is 2.01. The van der Waals surface area contributed by atoms with E-state index in [1.54, 1.807) is 0 Å². The van der Waals surface area contributed by atoms with Gasteiger partial charge < -0.3 is 16.2 Å². The Hall–Kier alpha value is -1.96. The quantitative estimate of drug-likeness (QED) is 0.821. The highest BCUT2D eigenvalue weighted by Crippen LogP contribution is 2.40. The summed E-state index contributed by atoms with van der Waals surface area (Å²) in [4.78, 5) is 0.809. The van der Waals surface area contributed by atoms with Gasteiger partial charge in [-0.3, -0.25) is 0 Å². The lowest BCUT2D eigenvalue weighted by atomic mass is 9.89. The summed E-state index contributed by atoms with van der Waals surface area (Å²) < 4.78 is 5.89. The molecule has 18 heavy (non-hydrogen) atoms. The zero-order valence-electron chi connectivity index (χ0n) is 8.98. The van der Waals surface area contributed by atoms with Gasteiger partial charge in [-0.15, -0.1) is 11.3 Å². The van der Waals surface area contributed by atoms with Crippen molar-refractivity contribution in [2.45, 2.75) is 5.92 Å². The molecule has 0 amide bonds. The van der Waals surface area contributed by atoms with Crippen LogP contribution >= 0.6 is 27.3 Å². The van der Waals surface area contributed by atoms with E-state index in [1.807, 2.05) is 23.6 Å². The minimum Gasteiger partial charge on any atom is -0.424 e. The molecule has 0 aromatic carbocycles. The Labute approximate surface area is 116 Å². The van der Waals surface area contributed by atoms with Crippen molar-refractivity contribution in [3.05, 3.63) is 43.7 Å². The third-order valence-corrected chi connectivity index (χ3v) is 4.20. The molecule has 5 nitrogen and oxygen atoms in total. The number of thiophene rings is 1. The van der Waals surface area contributed by atoms with E-state index in [1.165, 1.54) is 11.3 Å². The van der Waals surface area contributed by atoms with E-state index in [9.17, 15) is 0 Å². The van der Waals surface area contributed by atoms with Gasteiger partial charge in [0.05, 0.1) is 5.92 Å². The van der Waals surface area contributed by atoms with Crippen LogP contribution in [0.2, 0.25) is 0 Å². The third-order valence-electron chi connectivity index (χ3n) is 2.44. The first kappa shape index (κ1) is 12.5. The van der Waals surface area contributed by atoms with Crippen molar-refractivity contribution < 1.29 is 4.74 Å². The Balaban J connectivity index is 2.61. The van der Waals surface area contributed by atoms with E-state index < -0.39 is 5.92 Å². The fourth-order valence-electron chi connectivity index (χ4n) is 1.66. The first-order valence-corrected chi connectivity index (χ1v) is 6.47. The second-order valence-electron chi connectivity index (χ2n) is 3.48. The van der Waals surface area contributed by atoms with Gasteiger partial charge in [-0.05, 0) is 22.0 Å². The first-order valence-electron chi connectivity index (χ1n) is 4.79. The summed E-state index contributed by atoms with van der Waals surface area (Å²) in [5, 5.41) is 20.2. The van der Waals surface area contributed by atoms with Crippen molar-refractivity contribution in [2.24, 2.45) is 11.5 Å². The number of nitriles is 2. The Kier molecular flexibility index (Phi) is 3.28. The molecule has 0 bridgehead atoms. The van der Waals surface area contributed by atoms with Crippen LogP contribution in [0.25, 0.3) is 0 Å². The number of hydrogen-bond donors (Lipinski definition) is 2. The summed E-state index contributed by atoms with van der Waals surface area (Å²) in [6.45, 7) is 0. The molecule has 7 heteroatoms. The van der Waals surface area contributed by atoms with Gasteiger partial charge in [0.1, 0.15) is 23.3 Å². The summed E-state index contributed by atoms with van der Waals surface area (Å²) in [6.07, 6.45) is 0. The monoisotopic (exact) mass is 322 g/mol. The maximum Gasteiger partial charge on any atom is 0.207 e. The summed E-state index contributed by atoms with van der Waals surface area (Å²) in [6, 6.07) is 5.78. The number of allylic oxidation sites excluding steroid dienone is 2. The maximum absolute atomic E-state index is 9.15. The lowest BCUT2D eigenvalue weighted by Gasteiger charge is -2.22. The number of hydrogen-bond acceptors (Lipinski definition) is 6. The van der Waals surface area contributed by atoms with Crippen LogP contribution in [0.15, 0.2) is 38.8 Å². The van der Waals surface area contributed by atoms with Crippen LogP contribution in [-0.4, -0.2) is 0 Å². The fourth-order valence-corrected chi connectivity index (χ4v) is 3.22. The summed E-state index contributed by atoms with van der Waals surface area (Å²) in [5.74, 6) is -0.655. The molecule has 0 aliphatic carbocycles. The van der Waals surface area contributed by atoms with E-state index in [2.05, 4.69) is 15.9 Å². The van der Waals surface area contributed by atoms with Crippen LogP contribution in [0.5, 0.6) is 0 Å². The summed E-state index contributed by atoms with van der Waals surface area (Å²) >= 11 is 4.75. The molecule has 4 N–H and O–H groups in total. The zero-order chi connectivity index (χ0) is 13.3. The van der Waals surface area contributed by atoms with Crippen molar-refractivity contribution in [1.82, 2.24) is 0 Å². The molecular formula is C11H7BrN4OS. The molecular weight excluding hydrogens is 316 g/mol. The molecule has 1 aliphatic heterocycles. The van der Waals surface area contributed by atoms with Gasteiger partial charge in [-0.2, -0.15) is 10.5 Å². The van der Waals surface area contributed by atoms with E-state index in [0.717, 1.165) is 9.35 Å². The SMILES string of the molecule is N#CC1=C(N)OC(N)=C(C#N)C1c1cc(Br)cs1. The van der Waals surface area contributed by atoms with E-state index in [4.69, 9.17) is 26.7 Å². The Morgan fingerprint density at radius 3 is 2.17 bits per heavy atom.